The van der Waals surface area contributed by atoms with Crippen LogP contribution in [-0.2, 0) is 20.2 Å². The first-order valence-corrected chi connectivity index (χ1v) is 10.7. The number of benzene rings is 2. The monoisotopic (exact) mass is 399 g/mol. The van der Waals surface area contributed by atoms with Gasteiger partial charge in [0, 0.05) is 18.7 Å². The zero-order valence-corrected chi connectivity index (χ0v) is 17.4. The van der Waals surface area contributed by atoms with Gasteiger partial charge < -0.3 is 5.32 Å². The number of carbonyl (C=O) groups is 1. The van der Waals surface area contributed by atoms with Gasteiger partial charge in [-0.3, -0.25) is 9.10 Å². The number of rotatable bonds is 6. The Morgan fingerprint density at radius 3 is 2.32 bits per heavy atom. The minimum Gasteiger partial charge on any atom is -0.326 e. The van der Waals surface area contributed by atoms with Crippen LogP contribution in [0.3, 0.4) is 0 Å². The van der Waals surface area contributed by atoms with Crippen LogP contribution in [0.5, 0.6) is 0 Å². The van der Waals surface area contributed by atoms with Gasteiger partial charge in [-0.25, -0.2) is 8.42 Å². The molecule has 0 bridgehead atoms. The quantitative estimate of drug-likeness (QED) is 0.803. The molecule has 0 radical (unpaired) electrons. The lowest BCUT2D eigenvalue weighted by Crippen LogP contribution is -2.33. The van der Waals surface area contributed by atoms with Crippen LogP contribution in [0.25, 0.3) is 0 Å². The molecule has 0 aliphatic heterocycles. The van der Waals surface area contributed by atoms with E-state index in [0.717, 1.165) is 16.1 Å². The lowest BCUT2D eigenvalue weighted by Gasteiger charge is -2.22. The van der Waals surface area contributed by atoms with Crippen LogP contribution in [0.1, 0.15) is 38.3 Å². The van der Waals surface area contributed by atoms with E-state index in [-0.39, 0.29) is 24.3 Å². The van der Waals surface area contributed by atoms with Crippen LogP contribution in [0.4, 0.5) is 11.4 Å². The van der Waals surface area contributed by atoms with Crippen molar-refractivity contribution in [2.75, 3.05) is 22.4 Å². The van der Waals surface area contributed by atoms with Crippen molar-refractivity contribution < 1.29 is 13.2 Å². The molecular weight excluding hydrogens is 374 g/mol. The van der Waals surface area contributed by atoms with E-state index < -0.39 is 10.0 Å². The molecule has 2 aromatic carbocycles. The first kappa shape index (κ1) is 21.5. The number of hydrogen-bond donors (Lipinski definition) is 1. The van der Waals surface area contributed by atoms with Gasteiger partial charge in [-0.15, -0.1) is 0 Å². The van der Waals surface area contributed by atoms with Gasteiger partial charge in [-0.2, -0.15) is 5.26 Å². The van der Waals surface area contributed by atoms with E-state index in [9.17, 15) is 13.2 Å². The predicted octanol–water partition coefficient (Wildman–Crippen LogP) is 3.65. The van der Waals surface area contributed by atoms with Gasteiger partial charge in [-0.1, -0.05) is 39.0 Å². The van der Waals surface area contributed by atoms with Gasteiger partial charge in [0.1, 0.15) is 0 Å². The summed E-state index contributed by atoms with van der Waals surface area (Å²) in [5.74, 6) is -0.284. The van der Waals surface area contributed by atoms with Crippen molar-refractivity contribution >= 4 is 27.3 Å². The molecule has 148 valence electrons. The molecule has 0 saturated heterocycles. The maximum Gasteiger partial charge on any atom is 0.232 e. The number of hydrogen-bond acceptors (Lipinski definition) is 4. The molecule has 0 atom stereocenters. The highest BCUT2D eigenvalue weighted by Crippen LogP contribution is 2.24. The average molecular weight is 400 g/mol. The second-order valence-corrected chi connectivity index (χ2v) is 9.53. The Morgan fingerprint density at radius 2 is 1.79 bits per heavy atom. The fraction of sp³-hybridized carbons (Fsp3) is 0.333. The smallest absolute Gasteiger partial charge is 0.232 e. The number of nitrogens with zero attached hydrogens (tertiary/aromatic N) is 2. The lowest BCUT2D eigenvalue weighted by atomic mass is 9.87. The fourth-order valence-electron chi connectivity index (χ4n) is 2.70. The summed E-state index contributed by atoms with van der Waals surface area (Å²) in [6.07, 6.45) is 1.07. The molecule has 1 amide bonds. The molecule has 0 heterocycles. The number of amides is 1. The van der Waals surface area contributed by atoms with Gasteiger partial charge in [0.2, 0.25) is 15.9 Å². The van der Waals surface area contributed by atoms with E-state index in [1.165, 1.54) is 6.07 Å². The Hall–Kier alpha value is -2.85. The molecular formula is C21H25N3O3S. The number of anilines is 2. The Labute approximate surface area is 166 Å². The third-order valence-electron chi connectivity index (χ3n) is 4.24. The Kier molecular flexibility index (Phi) is 6.47. The van der Waals surface area contributed by atoms with Crippen molar-refractivity contribution in [3.8, 4) is 6.07 Å². The maximum absolute atomic E-state index is 12.3. The summed E-state index contributed by atoms with van der Waals surface area (Å²) in [6, 6.07) is 15.9. The van der Waals surface area contributed by atoms with Gasteiger partial charge in [0.25, 0.3) is 0 Å². The first-order chi connectivity index (χ1) is 13.0. The van der Waals surface area contributed by atoms with Crippen molar-refractivity contribution in [2.24, 2.45) is 0 Å². The molecule has 2 rings (SSSR count). The zero-order chi connectivity index (χ0) is 20.9. The molecule has 7 heteroatoms. The molecule has 0 spiro atoms. The SMILES string of the molecule is CC(C)(C)c1ccc(NC(=O)CCN(c2cccc(C#N)c2)S(C)(=O)=O)cc1. The van der Waals surface area contributed by atoms with Crippen molar-refractivity contribution in [2.45, 2.75) is 32.6 Å². The van der Waals surface area contributed by atoms with Crippen LogP contribution in [-0.4, -0.2) is 27.1 Å². The number of sulfonamides is 1. The molecule has 28 heavy (non-hydrogen) atoms. The normalized spacial score (nSPS) is 11.5. The Bertz CT molecular complexity index is 985. The summed E-state index contributed by atoms with van der Waals surface area (Å²) < 4.78 is 25.4. The van der Waals surface area contributed by atoms with Gasteiger partial charge in [0.15, 0.2) is 0 Å². The number of nitriles is 1. The molecule has 2 aromatic rings. The molecule has 0 aromatic heterocycles. The molecule has 0 aliphatic carbocycles. The standard InChI is InChI=1S/C21H25N3O3S/c1-21(2,3)17-8-10-18(11-9-17)23-20(25)12-13-24(28(4,26)27)19-7-5-6-16(14-19)15-22/h5-11,14H,12-13H2,1-4H3,(H,23,25). The Morgan fingerprint density at radius 1 is 1.14 bits per heavy atom. The van der Waals surface area contributed by atoms with E-state index >= 15 is 0 Å². The van der Waals surface area contributed by atoms with Crippen molar-refractivity contribution in [1.82, 2.24) is 0 Å². The van der Waals surface area contributed by atoms with E-state index in [1.807, 2.05) is 30.3 Å². The van der Waals surface area contributed by atoms with Crippen molar-refractivity contribution in [3.05, 3.63) is 59.7 Å². The lowest BCUT2D eigenvalue weighted by molar-refractivity contribution is -0.116. The Balaban J connectivity index is 2.07. The molecule has 1 N–H and O–H groups in total. The second kappa shape index (κ2) is 8.44. The van der Waals surface area contributed by atoms with Gasteiger partial charge in [0.05, 0.1) is 23.6 Å². The van der Waals surface area contributed by atoms with Crippen molar-refractivity contribution in [1.29, 1.82) is 5.26 Å². The largest absolute Gasteiger partial charge is 0.326 e. The summed E-state index contributed by atoms with van der Waals surface area (Å²) in [6.45, 7) is 6.32. The summed E-state index contributed by atoms with van der Waals surface area (Å²) in [5.41, 5.74) is 2.57. The van der Waals surface area contributed by atoms with Gasteiger partial charge in [-0.05, 0) is 41.3 Å². The highest BCUT2D eigenvalue weighted by atomic mass is 32.2. The van der Waals surface area contributed by atoms with Crippen LogP contribution in [0, 0.1) is 11.3 Å². The van der Waals surface area contributed by atoms with E-state index in [4.69, 9.17) is 5.26 Å². The third-order valence-corrected chi connectivity index (χ3v) is 5.43. The van der Waals surface area contributed by atoms with Crippen LogP contribution in [0.15, 0.2) is 48.5 Å². The molecule has 6 nitrogen and oxygen atoms in total. The topological polar surface area (TPSA) is 90.3 Å². The summed E-state index contributed by atoms with van der Waals surface area (Å²) in [4.78, 5) is 12.3. The number of carbonyl (C=O) groups excluding carboxylic acids is 1. The molecule has 0 fully saturated rings. The van der Waals surface area contributed by atoms with Crippen molar-refractivity contribution in [3.63, 3.8) is 0 Å². The van der Waals surface area contributed by atoms with Crippen LogP contribution >= 0.6 is 0 Å². The highest BCUT2D eigenvalue weighted by molar-refractivity contribution is 7.92. The summed E-state index contributed by atoms with van der Waals surface area (Å²) in [5, 5.41) is 11.8. The van der Waals surface area contributed by atoms with Crippen LogP contribution < -0.4 is 9.62 Å². The molecule has 0 saturated carbocycles. The fourth-order valence-corrected chi connectivity index (χ4v) is 3.62. The predicted molar refractivity (Wildman–Crippen MR) is 112 cm³/mol. The second-order valence-electron chi connectivity index (χ2n) is 7.62. The first-order valence-electron chi connectivity index (χ1n) is 8.89. The summed E-state index contributed by atoms with van der Waals surface area (Å²) >= 11 is 0. The number of nitrogens with one attached hydrogen (secondary N) is 1. The molecule has 0 aliphatic rings. The van der Waals surface area contributed by atoms with E-state index in [1.54, 1.807) is 18.2 Å². The van der Waals surface area contributed by atoms with E-state index in [2.05, 4.69) is 26.1 Å². The molecule has 0 unspecified atom stereocenters. The van der Waals surface area contributed by atoms with Crippen LogP contribution in [0.2, 0.25) is 0 Å². The third kappa shape index (κ3) is 5.83. The van der Waals surface area contributed by atoms with Gasteiger partial charge >= 0.3 is 0 Å². The maximum atomic E-state index is 12.3. The minimum absolute atomic E-state index is 0.00905. The average Bonchev–Trinajstić information content (AvgIpc) is 2.60. The minimum atomic E-state index is -3.59. The highest BCUT2D eigenvalue weighted by Gasteiger charge is 2.19. The van der Waals surface area contributed by atoms with E-state index in [0.29, 0.717) is 16.9 Å². The summed E-state index contributed by atoms with van der Waals surface area (Å²) in [7, 11) is -3.59. The zero-order valence-electron chi connectivity index (χ0n) is 16.6.